The molecule has 2 heterocycles. The van der Waals surface area contributed by atoms with E-state index >= 15 is 0 Å². The third-order valence-electron chi connectivity index (χ3n) is 5.72. The molecule has 4 rings (SSSR count). The van der Waals surface area contributed by atoms with Gasteiger partial charge in [0.15, 0.2) is 5.16 Å². The molecule has 0 radical (unpaired) electrons. The van der Waals surface area contributed by atoms with Crippen molar-refractivity contribution >= 4 is 40.3 Å². The lowest BCUT2D eigenvalue weighted by molar-refractivity contribution is -0.122. The van der Waals surface area contributed by atoms with Crippen LogP contribution in [0.25, 0.3) is 16.7 Å². The SMILES string of the molecule is COCCNC(=O)CSc1nnc2n(CCC(=O)NC3CCCC3)c(=O)c3ccccc3n12. The zero-order chi connectivity index (χ0) is 23.2. The maximum absolute atomic E-state index is 13.2. The predicted molar refractivity (Wildman–Crippen MR) is 125 cm³/mol. The number of ether oxygens (including phenoxy) is 1. The Morgan fingerprint density at radius 1 is 1.18 bits per heavy atom. The smallest absolute Gasteiger partial charge is 0.262 e. The van der Waals surface area contributed by atoms with Crippen molar-refractivity contribution in [3.63, 3.8) is 0 Å². The van der Waals surface area contributed by atoms with Crippen LogP contribution in [0, 0.1) is 0 Å². The molecular weight excluding hydrogens is 444 g/mol. The first kappa shape index (κ1) is 23.2. The Morgan fingerprint density at radius 2 is 1.97 bits per heavy atom. The number of benzene rings is 1. The van der Waals surface area contributed by atoms with Crippen molar-refractivity contribution in [2.75, 3.05) is 26.0 Å². The van der Waals surface area contributed by atoms with Crippen LogP contribution in [0.5, 0.6) is 0 Å². The average molecular weight is 473 g/mol. The van der Waals surface area contributed by atoms with Crippen LogP contribution in [0.2, 0.25) is 0 Å². The van der Waals surface area contributed by atoms with E-state index in [4.69, 9.17) is 4.74 Å². The van der Waals surface area contributed by atoms with E-state index in [0.717, 1.165) is 25.7 Å². The first-order valence-corrected chi connectivity index (χ1v) is 12.1. The van der Waals surface area contributed by atoms with E-state index in [9.17, 15) is 14.4 Å². The van der Waals surface area contributed by atoms with Gasteiger partial charge in [0.25, 0.3) is 5.56 Å². The van der Waals surface area contributed by atoms with E-state index in [1.807, 2.05) is 12.1 Å². The van der Waals surface area contributed by atoms with Crippen molar-refractivity contribution in [2.24, 2.45) is 0 Å². The molecule has 2 amide bonds. The van der Waals surface area contributed by atoms with Crippen molar-refractivity contribution < 1.29 is 14.3 Å². The molecule has 0 bridgehead atoms. The molecule has 0 saturated heterocycles. The molecule has 1 aliphatic carbocycles. The molecule has 1 aromatic carbocycles. The van der Waals surface area contributed by atoms with Crippen LogP contribution in [0.1, 0.15) is 32.1 Å². The topological polar surface area (TPSA) is 120 Å². The highest BCUT2D eigenvalue weighted by Crippen LogP contribution is 2.22. The fraction of sp³-hybridized carbons (Fsp3) is 0.500. The summed E-state index contributed by atoms with van der Waals surface area (Å²) in [7, 11) is 1.58. The van der Waals surface area contributed by atoms with E-state index in [2.05, 4.69) is 20.8 Å². The number of aromatic nitrogens is 4. The highest BCUT2D eigenvalue weighted by molar-refractivity contribution is 7.99. The van der Waals surface area contributed by atoms with E-state index in [1.54, 1.807) is 23.6 Å². The standard InChI is InChI=1S/C22H28N6O4S/c1-32-13-11-23-19(30)14-33-22-26-25-21-27(12-10-18(29)24-15-6-2-3-7-15)20(31)16-8-4-5-9-17(16)28(21)22/h4-5,8-9,15H,2-3,6-7,10-14H2,1H3,(H,23,30)(H,24,29). The monoisotopic (exact) mass is 472 g/mol. The first-order chi connectivity index (χ1) is 16.1. The van der Waals surface area contributed by atoms with Gasteiger partial charge in [0.1, 0.15) is 0 Å². The van der Waals surface area contributed by atoms with E-state index < -0.39 is 0 Å². The summed E-state index contributed by atoms with van der Waals surface area (Å²) >= 11 is 1.24. The minimum Gasteiger partial charge on any atom is -0.383 e. The normalized spacial score (nSPS) is 14.2. The van der Waals surface area contributed by atoms with Gasteiger partial charge in [-0.1, -0.05) is 36.7 Å². The Labute approximate surface area is 195 Å². The molecule has 0 aliphatic heterocycles. The second-order valence-electron chi connectivity index (χ2n) is 8.02. The van der Waals surface area contributed by atoms with E-state index in [0.29, 0.717) is 35.0 Å². The number of para-hydroxylation sites is 1. The molecule has 0 atom stereocenters. The summed E-state index contributed by atoms with van der Waals surface area (Å²) in [4.78, 5) is 37.7. The van der Waals surface area contributed by atoms with Crippen molar-refractivity contribution in [3.05, 3.63) is 34.6 Å². The second-order valence-corrected chi connectivity index (χ2v) is 8.96. The van der Waals surface area contributed by atoms with Gasteiger partial charge in [-0.25, -0.2) is 0 Å². The molecule has 1 fully saturated rings. The Kier molecular flexibility index (Phi) is 7.61. The van der Waals surface area contributed by atoms with Gasteiger partial charge in [0.2, 0.25) is 17.6 Å². The lowest BCUT2D eigenvalue weighted by Crippen LogP contribution is -2.34. The lowest BCUT2D eigenvalue weighted by atomic mass is 10.2. The summed E-state index contributed by atoms with van der Waals surface area (Å²) in [5, 5.41) is 15.3. The van der Waals surface area contributed by atoms with Crippen molar-refractivity contribution in [1.29, 1.82) is 0 Å². The number of thioether (sulfide) groups is 1. The largest absolute Gasteiger partial charge is 0.383 e. The highest BCUT2D eigenvalue weighted by atomic mass is 32.2. The zero-order valence-electron chi connectivity index (χ0n) is 18.6. The fourth-order valence-electron chi connectivity index (χ4n) is 4.09. The molecule has 2 N–H and O–H groups in total. The number of amides is 2. The lowest BCUT2D eigenvalue weighted by Gasteiger charge is -2.13. The number of methoxy groups -OCH3 is 1. The van der Waals surface area contributed by atoms with Crippen LogP contribution in [0.3, 0.4) is 0 Å². The minimum atomic E-state index is -0.215. The highest BCUT2D eigenvalue weighted by Gasteiger charge is 2.20. The summed E-state index contributed by atoms with van der Waals surface area (Å²) in [6, 6.07) is 7.45. The third-order valence-corrected chi connectivity index (χ3v) is 6.65. The van der Waals surface area contributed by atoms with Crippen molar-refractivity contribution in [3.8, 4) is 0 Å². The van der Waals surface area contributed by atoms with Gasteiger partial charge in [0, 0.05) is 32.7 Å². The summed E-state index contributed by atoms with van der Waals surface area (Å²) in [6.07, 6.45) is 4.48. The van der Waals surface area contributed by atoms with Crippen LogP contribution in [0.4, 0.5) is 0 Å². The number of nitrogens with one attached hydrogen (secondary N) is 2. The summed E-state index contributed by atoms with van der Waals surface area (Å²) in [6.45, 7) is 1.07. The number of aryl methyl sites for hydroxylation is 1. The van der Waals surface area contributed by atoms with Crippen molar-refractivity contribution in [2.45, 2.75) is 49.8 Å². The van der Waals surface area contributed by atoms with Crippen LogP contribution < -0.4 is 16.2 Å². The number of carbonyl (C=O) groups excluding carboxylic acids is 2. The number of hydrogen-bond donors (Lipinski definition) is 2. The van der Waals surface area contributed by atoms with Gasteiger partial charge in [-0.3, -0.25) is 23.4 Å². The summed E-state index contributed by atoms with van der Waals surface area (Å²) in [5.74, 6) is 0.300. The Balaban J connectivity index is 1.57. The number of carbonyl (C=O) groups is 2. The minimum absolute atomic E-state index is 0.0676. The molecule has 1 saturated carbocycles. The summed E-state index contributed by atoms with van der Waals surface area (Å²) < 4.78 is 8.21. The fourth-order valence-corrected chi connectivity index (χ4v) is 4.86. The predicted octanol–water partition coefficient (Wildman–Crippen LogP) is 1.35. The number of hydrogen-bond acceptors (Lipinski definition) is 7. The number of rotatable bonds is 10. The molecule has 176 valence electrons. The molecule has 1 aliphatic rings. The van der Waals surface area contributed by atoms with Gasteiger partial charge in [-0.2, -0.15) is 0 Å². The van der Waals surface area contributed by atoms with Gasteiger partial charge in [0.05, 0.1) is 23.3 Å². The number of nitrogens with zero attached hydrogens (tertiary/aromatic N) is 4. The van der Waals surface area contributed by atoms with Gasteiger partial charge < -0.3 is 15.4 Å². The molecule has 2 aromatic heterocycles. The third kappa shape index (κ3) is 5.36. The maximum atomic E-state index is 13.2. The Hall–Kier alpha value is -2.92. The molecular formula is C22H28N6O4S. The van der Waals surface area contributed by atoms with E-state index in [-0.39, 0.29) is 42.1 Å². The van der Waals surface area contributed by atoms with Gasteiger partial charge in [-0.05, 0) is 25.0 Å². The molecule has 3 aromatic rings. The van der Waals surface area contributed by atoms with Crippen LogP contribution in [-0.2, 0) is 20.9 Å². The van der Waals surface area contributed by atoms with E-state index in [1.165, 1.54) is 16.3 Å². The quantitative estimate of drug-likeness (QED) is 0.338. The molecule has 11 heteroatoms. The molecule has 0 spiro atoms. The first-order valence-electron chi connectivity index (χ1n) is 11.1. The van der Waals surface area contributed by atoms with Crippen LogP contribution >= 0.6 is 11.8 Å². The molecule has 10 nitrogen and oxygen atoms in total. The van der Waals surface area contributed by atoms with Crippen molar-refractivity contribution in [1.82, 2.24) is 29.8 Å². The zero-order valence-corrected chi connectivity index (χ0v) is 19.4. The number of fused-ring (bicyclic) bond motifs is 3. The summed E-state index contributed by atoms with van der Waals surface area (Å²) in [5.41, 5.74) is 0.449. The average Bonchev–Trinajstić information content (AvgIpc) is 3.48. The second kappa shape index (κ2) is 10.8. The molecule has 33 heavy (non-hydrogen) atoms. The maximum Gasteiger partial charge on any atom is 0.262 e. The van der Waals surface area contributed by atoms with Gasteiger partial charge in [-0.15, -0.1) is 10.2 Å². The molecule has 0 unspecified atom stereocenters. The van der Waals surface area contributed by atoms with Crippen LogP contribution in [0.15, 0.2) is 34.2 Å². The van der Waals surface area contributed by atoms with Gasteiger partial charge >= 0.3 is 0 Å². The Bertz CT molecular complexity index is 1200. The van der Waals surface area contributed by atoms with Crippen LogP contribution in [-0.4, -0.2) is 63.0 Å². The Morgan fingerprint density at radius 3 is 2.76 bits per heavy atom.